The van der Waals surface area contributed by atoms with Crippen molar-refractivity contribution >= 4 is 29.0 Å². The van der Waals surface area contributed by atoms with Crippen molar-refractivity contribution in [3.05, 3.63) is 139 Å². The van der Waals surface area contributed by atoms with Gasteiger partial charge < -0.3 is 19.5 Å². The monoisotopic (exact) mass is 653 g/mol. The Morgan fingerprint density at radius 1 is 1.06 bits per heavy atom. The number of aromatic nitrogens is 1. The summed E-state index contributed by atoms with van der Waals surface area (Å²) >= 11 is 1.21. The van der Waals surface area contributed by atoms with Gasteiger partial charge in [0, 0.05) is 22.9 Å². The number of hydrogen-bond acceptors (Lipinski definition) is 7. The van der Waals surface area contributed by atoms with E-state index in [0.29, 0.717) is 37.6 Å². The zero-order valence-corrected chi connectivity index (χ0v) is 26.4. The first-order valence-electron chi connectivity index (χ1n) is 14.9. The van der Waals surface area contributed by atoms with Gasteiger partial charge in [0.1, 0.15) is 29.8 Å². The van der Waals surface area contributed by atoms with E-state index < -0.39 is 29.3 Å². The number of thiazole rings is 1. The zero-order valence-electron chi connectivity index (χ0n) is 25.6. The molecule has 1 amide bonds. The lowest BCUT2D eigenvalue weighted by Gasteiger charge is -2.45. The van der Waals surface area contributed by atoms with Crippen molar-refractivity contribution in [3.8, 4) is 17.2 Å². The lowest BCUT2D eigenvalue weighted by atomic mass is 9.80. The molecule has 4 aromatic carbocycles. The van der Waals surface area contributed by atoms with E-state index in [1.54, 1.807) is 35.8 Å². The lowest BCUT2D eigenvalue weighted by molar-refractivity contribution is -0.131. The first-order valence-corrected chi connectivity index (χ1v) is 15.7. The van der Waals surface area contributed by atoms with Gasteiger partial charge in [0.25, 0.3) is 5.56 Å². The van der Waals surface area contributed by atoms with Crippen molar-refractivity contribution in [3.63, 3.8) is 0 Å². The van der Waals surface area contributed by atoms with Crippen molar-refractivity contribution < 1.29 is 27.8 Å². The number of halogens is 2. The van der Waals surface area contributed by atoms with E-state index in [2.05, 4.69) is 5.32 Å². The second-order valence-electron chi connectivity index (χ2n) is 11.5. The number of nitrogens with one attached hydrogen (secondary N) is 1. The molecule has 238 valence electrons. The maximum absolute atomic E-state index is 14.2. The van der Waals surface area contributed by atoms with Crippen LogP contribution in [0.5, 0.6) is 17.2 Å². The number of fused-ring (bicyclic) bond motifs is 6. The van der Waals surface area contributed by atoms with Gasteiger partial charge in [0.2, 0.25) is 11.6 Å². The van der Waals surface area contributed by atoms with Crippen molar-refractivity contribution in [2.24, 2.45) is 10.9 Å². The van der Waals surface area contributed by atoms with E-state index in [0.717, 1.165) is 23.3 Å². The van der Waals surface area contributed by atoms with Crippen LogP contribution in [0.4, 0.5) is 14.5 Å². The van der Waals surface area contributed by atoms with Gasteiger partial charge >= 0.3 is 0 Å². The molecule has 2 bridgehead atoms. The Labute approximate surface area is 272 Å². The average molecular weight is 654 g/mol. The van der Waals surface area contributed by atoms with E-state index in [1.807, 2.05) is 55.5 Å². The van der Waals surface area contributed by atoms with Gasteiger partial charge in [-0.05, 0) is 67.4 Å². The molecule has 11 heteroatoms. The molecule has 2 aliphatic rings. The molecule has 0 aliphatic carbocycles. The highest BCUT2D eigenvalue weighted by Gasteiger charge is 2.55. The molecular formula is C36H29F2N3O5S. The Balaban J connectivity index is 1.29. The van der Waals surface area contributed by atoms with Crippen LogP contribution in [0.25, 0.3) is 6.08 Å². The molecular weight excluding hydrogens is 624 g/mol. The lowest BCUT2D eigenvalue weighted by Crippen LogP contribution is -2.59. The minimum atomic E-state index is -1.28. The molecule has 3 atom stereocenters. The Bertz CT molecular complexity index is 2230. The van der Waals surface area contributed by atoms with Gasteiger partial charge in [0.05, 0.1) is 17.7 Å². The van der Waals surface area contributed by atoms with Crippen LogP contribution in [0.15, 0.2) is 94.7 Å². The Morgan fingerprint density at radius 2 is 1.83 bits per heavy atom. The largest absolute Gasteiger partial charge is 0.496 e. The molecule has 47 heavy (non-hydrogen) atoms. The maximum Gasteiger partial charge on any atom is 0.270 e. The normalized spacial score (nSPS) is 19.6. The van der Waals surface area contributed by atoms with Crippen LogP contribution < -0.4 is 34.4 Å². The van der Waals surface area contributed by atoms with Gasteiger partial charge in [-0.2, -0.15) is 0 Å². The number of carbonyl (C=O) groups excluding carboxylic acids is 1. The van der Waals surface area contributed by atoms with Crippen LogP contribution >= 0.6 is 11.3 Å². The third kappa shape index (κ3) is 5.46. The number of aryl methyl sites for hydroxylation is 1. The summed E-state index contributed by atoms with van der Waals surface area (Å²) in [6, 6.07) is 22.6. The van der Waals surface area contributed by atoms with Gasteiger partial charge in [-0.3, -0.25) is 14.2 Å². The van der Waals surface area contributed by atoms with Crippen molar-refractivity contribution in [2.45, 2.75) is 32.2 Å². The number of ether oxygens (including phenoxy) is 3. The molecule has 0 radical (unpaired) electrons. The summed E-state index contributed by atoms with van der Waals surface area (Å²) in [6.07, 6.45) is 1.73. The second-order valence-corrected chi connectivity index (χ2v) is 12.5. The van der Waals surface area contributed by atoms with Crippen LogP contribution in [0.1, 0.15) is 35.2 Å². The van der Waals surface area contributed by atoms with Crippen LogP contribution in [-0.2, 0) is 11.4 Å². The highest BCUT2D eigenvalue weighted by Crippen LogP contribution is 2.47. The Morgan fingerprint density at radius 3 is 2.62 bits per heavy atom. The van der Waals surface area contributed by atoms with Crippen LogP contribution in [0.2, 0.25) is 0 Å². The molecule has 1 aromatic heterocycles. The predicted octanol–water partition coefficient (Wildman–Crippen LogP) is 5.50. The number of methoxy groups -OCH3 is 1. The SMILES string of the molecule is COc1ccc(/C=c2/sc3n(c2=O)[C@H]2c4ccccc4O[C@](C)(N=3)[C@H]2C(=O)Nc2ccccc2C)cc1COc1ccc(F)cc1F. The third-order valence-electron chi connectivity index (χ3n) is 8.44. The molecule has 5 aromatic rings. The zero-order chi connectivity index (χ0) is 32.9. The van der Waals surface area contributed by atoms with Crippen LogP contribution in [0.3, 0.4) is 0 Å². The number of benzene rings is 4. The molecule has 8 nitrogen and oxygen atoms in total. The summed E-state index contributed by atoms with van der Waals surface area (Å²) in [5.74, 6) is -1.71. The molecule has 0 spiro atoms. The minimum absolute atomic E-state index is 0.0606. The standard InChI is InChI=1S/C36H29F2N3O5S/c1-20-8-4-6-10-26(20)39-33(42)31-32-24-9-5-7-11-28(24)46-36(31,2)40-35-41(32)34(43)30(47-35)17-21-12-14-27(44-3)22(16-21)19-45-29-15-13-23(37)18-25(29)38/h4-18,31-32H,19H2,1-3H3,(H,39,42)/b30-17+/t31-,32+,36+/m1/s1. The molecule has 0 unspecified atom stereocenters. The van der Waals surface area contributed by atoms with Crippen LogP contribution in [-0.4, -0.2) is 23.3 Å². The first-order chi connectivity index (χ1) is 22.6. The van der Waals surface area contributed by atoms with Crippen molar-refractivity contribution in [1.82, 2.24) is 4.57 Å². The third-order valence-corrected chi connectivity index (χ3v) is 9.43. The van der Waals surface area contributed by atoms with Gasteiger partial charge in [-0.1, -0.05) is 53.8 Å². The summed E-state index contributed by atoms with van der Waals surface area (Å²) in [5, 5.41) is 3.04. The maximum atomic E-state index is 14.2. The smallest absolute Gasteiger partial charge is 0.270 e. The minimum Gasteiger partial charge on any atom is -0.496 e. The summed E-state index contributed by atoms with van der Waals surface area (Å²) < 4.78 is 47.1. The van der Waals surface area contributed by atoms with Crippen molar-refractivity contribution in [1.29, 1.82) is 0 Å². The number of rotatable bonds is 7. The van der Waals surface area contributed by atoms with Gasteiger partial charge in [-0.15, -0.1) is 0 Å². The van der Waals surface area contributed by atoms with E-state index in [9.17, 15) is 18.4 Å². The fraction of sp³-hybridized carbons (Fsp3) is 0.194. The predicted molar refractivity (Wildman–Crippen MR) is 174 cm³/mol. The molecule has 3 heterocycles. The van der Waals surface area contributed by atoms with Gasteiger partial charge in [0.15, 0.2) is 16.4 Å². The number of anilines is 1. The van der Waals surface area contributed by atoms with Crippen molar-refractivity contribution in [2.75, 3.05) is 12.4 Å². The van der Waals surface area contributed by atoms with E-state index >= 15 is 0 Å². The van der Waals surface area contributed by atoms with E-state index in [-0.39, 0.29) is 23.8 Å². The highest BCUT2D eigenvalue weighted by atomic mass is 32.1. The fourth-order valence-corrected chi connectivity index (χ4v) is 7.27. The average Bonchev–Trinajstić information content (AvgIpc) is 3.34. The number of para-hydroxylation sites is 2. The molecule has 0 fully saturated rings. The molecule has 0 saturated heterocycles. The topological polar surface area (TPSA) is 91.2 Å². The number of hydrogen-bond donors (Lipinski definition) is 1. The summed E-state index contributed by atoms with van der Waals surface area (Å²) in [4.78, 5) is 33.5. The van der Waals surface area contributed by atoms with E-state index in [1.165, 1.54) is 24.5 Å². The van der Waals surface area contributed by atoms with Crippen LogP contribution in [0, 0.1) is 24.5 Å². The fourth-order valence-electron chi connectivity index (χ4n) is 6.17. The molecule has 0 saturated carbocycles. The number of amides is 1. The summed E-state index contributed by atoms with van der Waals surface area (Å²) in [6.45, 7) is 3.63. The second kappa shape index (κ2) is 11.8. The first kappa shape index (κ1) is 30.4. The molecule has 2 aliphatic heterocycles. The summed E-state index contributed by atoms with van der Waals surface area (Å²) in [5.41, 5.74) is 1.98. The Hall–Kier alpha value is -5.29. The van der Waals surface area contributed by atoms with Gasteiger partial charge in [-0.25, -0.2) is 13.8 Å². The number of nitrogens with zero attached hydrogens (tertiary/aromatic N) is 2. The van der Waals surface area contributed by atoms with E-state index in [4.69, 9.17) is 19.2 Å². The quantitative estimate of drug-likeness (QED) is 0.251. The number of carbonyl (C=O) groups is 1. The molecule has 7 rings (SSSR count). The summed E-state index contributed by atoms with van der Waals surface area (Å²) in [7, 11) is 1.51. The Kier molecular flexibility index (Phi) is 7.63. The highest BCUT2D eigenvalue weighted by molar-refractivity contribution is 7.07. The molecule has 1 N–H and O–H groups in total.